The van der Waals surface area contributed by atoms with Gasteiger partial charge in [-0.1, -0.05) is 0 Å². The van der Waals surface area contributed by atoms with Crippen LogP contribution in [0.4, 0.5) is 11.4 Å². The lowest BCUT2D eigenvalue weighted by Gasteiger charge is -2.25. The summed E-state index contributed by atoms with van der Waals surface area (Å²) < 4.78 is 0. The number of phenolic OH excluding ortho intramolecular Hbond substituents is 2. The number of nitrogens with two attached hydrogens (primary N) is 2. The first kappa shape index (κ1) is 8.91. The zero-order valence-corrected chi connectivity index (χ0v) is 8.36. The minimum Gasteiger partial charge on any atom is -0.506 e. The number of benzene rings is 2. The van der Waals surface area contributed by atoms with Gasteiger partial charge in [0.2, 0.25) is 0 Å². The number of phenols is 2. The summed E-state index contributed by atoms with van der Waals surface area (Å²) in [5.41, 5.74) is 15.6. The van der Waals surface area contributed by atoms with Crippen molar-refractivity contribution in [3.05, 3.63) is 24.3 Å². The number of hydrogen-bond acceptors (Lipinski definition) is 4. The van der Waals surface area contributed by atoms with Crippen LogP contribution in [0.5, 0.6) is 11.5 Å². The highest BCUT2D eigenvalue weighted by Crippen LogP contribution is 2.52. The Bertz CT molecular complexity index is 497. The van der Waals surface area contributed by atoms with Crippen LogP contribution in [0.3, 0.4) is 0 Å². The zero-order chi connectivity index (χ0) is 11.4. The molecule has 0 saturated carbocycles. The minimum atomic E-state index is 0.0658. The fourth-order valence-corrected chi connectivity index (χ4v) is 2.04. The van der Waals surface area contributed by atoms with Crippen molar-refractivity contribution in [3.8, 4) is 33.8 Å². The summed E-state index contributed by atoms with van der Waals surface area (Å²) in [5.74, 6) is 0.132. The molecule has 2 aromatic rings. The van der Waals surface area contributed by atoms with Crippen molar-refractivity contribution in [1.29, 1.82) is 0 Å². The van der Waals surface area contributed by atoms with E-state index in [0.29, 0.717) is 11.4 Å². The Balaban J connectivity index is 2.26. The summed E-state index contributed by atoms with van der Waals surface area (Å²) in [6.45, 7) is 0. The monoisotopic (exact) mass is 214 g/mol. The average Bonchev–Trinajstić information content (AvgIpc) is 2.26. The summed E-state index contributed by atoms with van der Waals surface area (Å²) in [6.07, 6.45) is 0. The van der Waals surface area contributed by atoms with E-state index in [2.05, 4.69) is 0 Å². The van der Waals surface area contributed by atoms with Crippen LogP contribution in [0.1, 0.15) is 0 Å². The lowest BCUT2D eigenvalue weighted by Crippen LogP contribution is -2.01. The lowest BCUT2D eigenvalue weighted by atomic mass is 9.80. The summed E-state index contributed by atoms with van der Waals surface area (Å²) in [6, 6.07) is 6.62. The maximum atomic E-state index is 9.50. The summed E-state index contributed by atoms with van der Waals surface area (Å²) in [4.78, 5) is 0. The molecule has 4 nitrogen and oxygen atoms in total. The first-order valence-electron chi connectivity index (χ1n) is 4.83. The molecule has 0 unspecified atom stereocenters. The highest BCUT2D eigenvalue weighted by Gasteiger charge is 2.25. The number of fused-ring (bicyclic) bond motifs is 4. The Kier molecular flexibility index (Phi) is 1.45. The van der Waals surface area contributed by atoms with Gasteiger partial charge >= 0.3 is 0 Å². The number of nitrogen functional groups attached to an aromatic ring is 2. The number of aromatic hydroxyl groups is 2. The molecule has 6 N–H and O–H groups in total. The molecule has 0 saturated heterocycles. The fraction of sp³-hybridized carbons (Fsp3) is 0. The van der Waals surface area contributed by atoms with E-state index in [9.17, 15) is 10.2 Å². The van der Waals surface area contributed by atoms with Gasteiger partial charge in [-0.15, -0.1) is 0 Å². The van der Waals surface area contributed by atoms with Crippen molar-refractivity contribution in [2.75, 3.05) is 11.5 Å². The molecule has 0 amide bonds. The van der Waals surface area contributed by atoms with Gasteiger partial charge in [-0.2, -0.15) is 0 Å². The molecule has 0 radical (unpaired) electrons. The molecule has 2 aromatic carbocycles. The molecular weight excluding hydrogens is 204 g/mol. The standard InChI is InChI=1S/C12H10N2O2/c13-9-1-5-7(3-11(9)15)6-2-10(14)12(16)4-8(5)6/h1-4,15-16H,13-14H2. The third-order valence-corrected chi connectivity index (χ3v) is 2.91. The molecule has 1 aliphatic rings. The van der Waals surface area contributed by atoms with Crippen LogP contribution in [0.15, 0.2) is 24.3 Å². The van der Waals surface area contributed by atoms with Gasteiger partial charge in [0.05, 0.1) is 11.4 Å². The average molecular weight is 214 g/mol. The molecule has 0 bridgehead atoms. The molecule has 3 rings (SSSR count). The summed E-state index contributed by atoms with van der Waals surface area (Å²) in [5, 5.41) is 19.0. The smallest absolute Gasteiger partial charge is 0.139 e. The quantitative estimate of drug-likeness (QED) is 0.339. The molecule has 4 heteroatoms. The van der Waals surface area contributed by atoms with E-state index in [4.69, 9.17) is 11.5 Å². The van der Waals surface area contributed by atoms with Crippen LogP contribution in [0.2, 0.25) is 0 Å². The maximum Gasteiger partial charge on any atom is 0.139 e. The first-order valence-corrected chi connectivity index (χ1v) is 4.83. The molecule has 0 fully saturated rings. The van der Waals surface area contributed by atoms with Crippen LogP contribution < -0.4 is 11.5 Å². The van der Waals surface area contributed by atoms with Gasteiger partial charge in [0.25, 0.3) is 0 Å². The normalized spacial score (nSPS) is 11.5. The Morgan fingerprint density at radius 1 is 0.625 bits per heavy atom. The van der Waals surface area contributed by atoms with Crippen molar-refractivity contribution in [3.63, 3.8) is 0 Å². The van der Waals surface area contributed by atoms with Crippen LogP contribution in [-0.4, -0.2) is 10.2 Å². The maximum absolute atomic E-state index is 9.50. The second-order valence-corrected chi connectivity index (χ2v) is 3.91. The first-order chi connectivity index (χ1) is 7.58. The molecule has 0 aromatic heterocycles. The Hall–Kier alpha value is -2.36. The molecule has 0 atom stereocenters. The van der Waals surface area contributed by atoms with Gasteiger partial charge in [-0.05, 0) is 46.5 Å². The molecule has 16 heavy (non-hydrogen) atoms. The van der Waals surface area contributed by atoms with Gasteiger partial charge in [-0.3, -0.25) is 0 Å². The van der Waals surface area contributed by atoms with E-state index >= 15 is 0 Å². The number of hydrogen-bond donors (Lipinski definition) is 4. The van der Waals surface area contributed by atoms with E-state index < -0.39 is 0 Å². The van der Waals surface area contributed by atoms with Crippen LogP contribution in [0, 0.1) is 0 Å². The predicted molar refractivity (Wildman–Crippen MR) is 63.0 cm³/mol. The zero-order valence-electron chi connectivity index (χ0n) is 8.36. The lowest BCUT2D eigenvalue weighted by molar-refractivity contribution is 0.478. The van der Waals surface area contributed by atoms with E-state index in [1.165, 1.54) is 0 Å². The van der Waals surface area contributed by atoms with Gasteiger partial charge in [0.1, 0.15) is 11.5 Å². The summed E-state index contributed by atoms with van der Waals surface area (Å²) >= 11 is 0. The van der Waals surface area contributed by atoms with Crippen molar-refractivity contribution in [1.82, 2.24) is 0 Å². The van der Waals surface area contributed by atoms with Crippen LogP contribution in [-0.2, 0) is 0 Å². The largest absolute Gasteiger partial charge is 0.506 e. The van der Waals surface area contributed by atoms with Crippen LogP contribution in [0.25, 0.3) is 22.3 Å². The van der Waals surface area contributed by atoms with E-state index in [1.54, 1.807) is 24.3 Å². The second-order valence-electron chi connectivity index (χ2n) is 3.91. The third-order valence-electron chi connectivity index (χ3n) is 2.91. The second kappa shape index (κ2) is 2.61. The number of rotatable bonds is 0. The van der Waals surface area contributed by atoms with Crippen molar-refractivity contribution in [2.24, 2.45) is 0 Å². The fourth-order valence-electron chi connectivity index (χ4n) is 2.04. The van der Waals surface area contributed by atoms with Crippen molar-refractivity contribution >= 4 is 11.4 Å². The van der Waals surface area contributed by atoms with Gasteiger partial charge in [0.15, 0.2) is 0 Å². The van der Waals surface area contributed by atoms with Gasteiger partial charge in [-0.25, -0.2) is 0 Å². The molecule has 0 spiro atoms. The van der Waals surface area contributed by atoms with Crippen molar-refractivity contribution < 1.29 is 10.2 Å². The van der Waals surface area contributed by atoms with Gasteiger partial charge in [0, 0.05) is 0 Å². The minimum absolute atomic E-state index is 0.0658. The van der Waals surface area contributed by atoms with E-state index in [-0.39, 0.29) is 11.5 Å². The Labute approximate surface area is 91.8 Å². The van der Waals surface area contributed by atoms with Gasteiger partial charge < -0.3 is 21.7 Å². The molecule has 80 valence electrons. The molecular formula is C12H10N2O2. The number of anilines is 2. The highest BCUT2D eigenvalue weighted by atomic mass is 16.3. The van der Waals surface area contributed by atoms with E-state index in [1.807, 2.05) is 0 Å². The van der Waals surface area contributed by atoms with Crippen molar-refractivity contribution in [2.45, 2.75) is 0 Å². The topological polar surface area (TPSA) is 92.5 Å². The third kappa shape index (κ3) is 0.930. The highest BCUT2D eigenvalue weighted by molar-refractivity contribution is 6.05. The molecule has 1 aliphatic carbocycles. The molecule has 0 aliphatic heterocycles. The van der Waals surface area contributed by atoms with Crippen LogP contribution >= 0.6 is 0 Å². The predicted octanol–water partition coefficient (Wildman–Crippen LogP) is 1.91. The molecule has 0 heterocycles. The van der Waals surface area contributed by atoms with E-state index in [0.717, 1.165) is 22.3 Å². The Morgan fingerprint density at radius 2 is 0.938 bits per heavy atom. The Morgan fingerprint density at radius 3 is 1.31 bits per heavy atom. The summed E-state index contributed by atoms with van der Waals surface area (Å²) in [7, 11) is 0. The SMILES string of the molecule is Nc1cc2c(cc1O)-c1cc(N)c(O)cc1-2.